The highest BCUT2D eigenvalue weighted by Crippen LogP contribution is 2.34. The molecule has 0 amide bonds. The average Bonchev–Trinajstić information content (AvgIpc) is 2.29. The van der Waals surface area contributed by atoms with Gasteiger partial charge in [0.15, 0.2) is 0 Å². The van der Waals surface area contributed by atoms with Crippen molar-refractivity contribution in [3.63, 3.8) is 0 Å². The van der Waals surface area contributed by atoms with Gasteiger partial charge in [-0.3, -0.25) is 0 Å². The zero-order valence-corrected chi connectivity index (χ0v) is 10.5. The number of hydrogen-bond acceptors (Lipinski definition) is 1. The van der Waals surface area contributed by atoms with E-state index in [1.807, 2.05) is 0 Å². The Bertz CT molecular complexity index is 155. The van der Waals surface area contributed by atoms with Crippen LogP contribution in [0.3, 0.4) is 0 Å². The Balaban J connectivity index is 2.22. The summed E-state index contributed by atoms with van der Waals surface area (Å²) in [5.74, 6) is 1.50. The van der Waals surface area contributed by atoms with Gasteiger partial charge in [0, 0.05) is 0 Å². The van der Waals surface area contributed by atoms with Crippen molar-refractivity contribution in [2.75, 3.05) is 0 Å². The minimum absolute atomic E-state index is 0.00843. The molecule has 1 N–H and O–H groups in total. The summed E-state index contributed by atoms with van der Waals surface area (Å²) in [5.41, 5.74) is 0. The lowest BCUT2D eigenvalue weighted by atomic mass is 9.77. The third kappa shape index (κ3) is 4.55. The number of aliphatic hydroxyl groups excluding tert-OH is 1. The molecule has 1 rings (SSSR count). The molecule has 0 bridgehead atoms. The van der Waals surface area contributed by atoms with Crippen LogP contribution < -0.4 is 0 Å². The van der Waals surface area contributed by atoms with Gasteiger partial charge in [0.25, 0.3) is 0 Å². The van der Waals surface area contributed by atoms with Gasteiger partial charge in [-0.25, -0.2) is 0 Å². The van der Waals surface area contributed by atoms with Crippen LogP contribution in [-0.4, -0.2) is 11.2 Å². The summed E-state index contributed by atoms with van der Waals surface area (Å²) in [6, 6.07) is 0. The summed E-state index contributed by atoms with van der Waals surface area (Å²) in [7, 11) is 0. The van der Waals surface area contributed by atoms with E-state index < -0.39 is 0 Å². The molecule has 0 radical (unpaired) electrons. The topological polar surface area (TPSA) is 20.2 Å². The second kappa shape index (κ2) is 7.27. The molecule has 1 fully saturated rings. The monoisotopic (exact) mass is 212 g/mol. The van der Waals surface area contributed by atoms with E-state index >= 15 is 0 Å². The third-order valence-corrected chi connectivity index (χ3v) is 4.05. The standard InChI is InChI=1S/C14H28O/c1-3-5-6-10-14(15)13-9-7-8-12(4-2)11-13/h12-15H,3-11H2,1-2H3. The van der Waals surface area contributed by atoms with Crippen LogP contribution in [0.4, 0.5) is 0 Å². The Hall–Kier alpha value is -0.0400. The fraction of sp³-hybridized carbons (Fsp3) is 1.00. The Morgan fingerprint density at radius 1 is 1.20 bits per heavy atom. The number of hydrogen-bond donors (Lipinski definition) is 1. The van der Waals surface area contributed by atoms with Crippen LogP contribution in [0.15, 0.2) is 0 Å². The molecule has 1 aliphatic rings. The first-order chi connectivity index (χ1) is 7.27. The lowest BCUT2D eigenvalue weighted by Crippen LogP contribution is -2.26. The van der Waals surface area contributed by atoms with Crippen molar-refractivity contribution < 1.29 is 5.11 Å². The fourth-order valence-corrected chi connectivity index (χ4v) is 2.89. The number of aliphatic hydroxyl groups is 1. The van der Waals surface area contributed by atoms with Crippen molar-refractivity contribution in [2.45, 2.75) is 77.7 Å². The van der Waals surface area contributed by atoms with Crippen LogP contribution in [0, 0.1) is 11.8 Å². The highest BCUT2D eigenvalue weighted by atomic mass is 16.3. The van der Waals surface area contributed by atoms with Gasteiger partial charge >= 0.3 is 0 Å². The van der Waals surface area contributed by atoms with E-state index in [2.05, 4.69) is 13.8 Å². The molecule has 0 aliphatic heterocycles. The van der Waals surface area contributed by atoms with Gasteiger partial charge < -0.3 is 5.11 Å². The Morgan fingerprint density at radius 3 is 2.67 bits per heavy atom. The summed E-state index contributed by atoms with van der Waals surface area (Å²) < 4.78 is 0. The summed E-state index contributed by atoms with van der Waals surface area (Å²) in [5, 5.41) is 10.1. The lowest BCUT2D eigenvalue weighted by Gasteiger charge is -2.31. The minimum atomic E-state index is -0.00843. The van der Waals surface area contributed by atoms with Gasteiger partial charge in [0.1, 0.15) is 0 Å². The Kier molecular flexibility index (Phi) is 6.31. The molecule has 1 nitrogen and oxygen atoms in total. The van der Waals surface area contributed by atoms with Crippen molar-refractivity contribution in [3.05, 3.63) is 0 Å². The molecule has 90 valence electrons. The van der Waals surface area contributed by atoms with Gasteiger partial charge in [-0.15, -0.1) is 0 Å². The molecule has 0 spiro atoms. The predicted octanol–water partition coefficient (Wildman–Crippen LogP) is 4.14. The van der Waals surface area contributed by atoms with Crippen LogP contribution in [0.1, 0.15) is 71.6 Å². The molecular weight excluding hydrogens is 184 g/mol. The maximum absolute atomic E-state index is 10.1. The van der Waals surface area contributed by atoms with Crippen molar-refractivity contribution in [2.24, 2.45) is 11.8 Å². The fourth-order valence-electron chi connectivity index (χ4n) is 2.89. The molecule has 0 aromatic rings. The van der Waals surface area contributed by atoms with E-state index in [1.165, 1.54) is 51.4 Å². The molecule has 3 atom stereocenters. The van der Waals surface area contributed by atoms with Crippen LogP contribution >= 0.6 is 0 Å². The molecule has 1 saturated carbocycles. The first kappa shape index (κ1) is 13.0. The van der Waals surface area contributed by atoms with E-state index in [4.69, 9.17) is 0 Å². The van der Waals surface area contributed by atoms with Crippen molar-refractivity contribution >= 4 is 0 Å². The molecule has 0 aromatic carbocycles. The number of rotatable bonds is 6. The first-order valence-corrected chi connectivity index (χ1v) is 6.96. The molecule has 0 saturated heterocycles. The van der Waals surface area contributed by atoms with Gasteiger partial charge in [-0.05, 0) is 31.1 Å². The highest BCUT2D eigenvalue weighted by Gasteiger charge is 2.25. The van der Waals surface area contributed by atoms with E-state index in [0.29, 0.717) is 5.92 Å². The molecule has 15 heavy (non-hydrogen) atoms. The summed E-state index contributed by atoms with van der Waals surface area (Å²) in [6.07, 6.45) is 11.4. The van der Waals surface area contributed by atoms with Crippen molar-refractivity contribution in [3.8, 4) is 0 Å². The zero-order valence-electron chi connectivity index (χ0n) is 10.5. The first-order valence-electron chi connectivity index (χ1n) is 6.96. The van der Waals surface area contributed by atoms with Crippen molar-refractivity contribution in [1.82, 2.24) is 0 Å². The highest BCUT2D eigenvalue weighted by molar-refractivity contribution is 4.77. The van der Waals surface area contributed by atoms with Crippen LogP contribution in [0.5, 0.6) is 0 Å². The zero-order chi connectivity index (χ0) is 11.1. The van der Waals surface area contributed by atoms with E-state index in [9.17, 15) is 5.11 Å². The Morgan fingerprint density at radius 2 is 2.00 bits per heavy atom. The van der Waals surface area contributed by atoms with Crippen LogP contribution in [0.2, 0.25) is 0 Å². The van der Waals surface area contributed by atoms with E-state index in [1.54, 1.807) is 0 Å². The van der Waals surface area contributed by atoms with Gasteiger partial charge in [0.2, 0.25) is 0 Å². The Labute approximate surface area is 95.3 Å². The van der Waals surface area contributed by atoms with E-state index in [0.717, 1.165) is 12.3 Å². The van der Waals surface area contributed by atoms with Crippen LogP contribution in [-0.2, 0) is 0 Å². The molecule has 0 heterocycles. The smallest absolute Gasteiger partial charge is 0.0568 e. The minimum Gasteiger partial charge on any atom is -0.393 e. The molecular formula is C14H28O. The normalized spacial score (nSPS) is 29.0. The van der Waals surface area contributed by atoms with Gasteiger partial charge in [-0.1, -0.05) is 52.4 Å². The summed E-state index contributed by atoms with van der Waals surface area (Å²) >= 11 is 0. The summed E-state index contributed by atoms with van der Waals surface area (Å²) in [6.45, 7) is 4.51. The average molecular weight is 212 g/mol. The second-order valence-electron chi connectivity index (χ2n) is 5.26. The SMILES string of the molecule is CCCCCC(O)C1CCCC(CC)C1. The van der Waals surface area contributed by atoms with Crippen molar-refractivity contribution in [1.29, 1.82) is 0 Å². The van der Waals surface area contributed by atoms with Crippen LogP contribution in [0.25, 0.3) is 0 Å². The molecule has 3 unspecified atom stereocenters. The van der Waals surface area contributed by atoms with Gasteiger partial charge in [0.05, 0.1) is 6.10 Å². The number of unbranched alkanes of at least 4 members (excludes halogenated alkanes) is 2. The molecule has 1 aliphatic carbocycles. The quantitative estimate of drug-likeness (QED) is 0.656. The molecule has 0 aromatic heterocycles. The largest absolute Gasteiger partial charge is 0.393 e. The maximum atomic E-state index is 10.1. The third-order valence-electron chi connectivity index (χ3n) is 4.05. The maximum Gasteiger partial charge on any atom is 0.0568 e. The predicted molar refractivity (Wildman–Crippen MR) is 65.9 cm³/mol. The molecule has 1 heteroatoms. The van der Waals surface area contributed by atoms with E-state index in [-0.39, 0.29) is 6.10 Å². The lowest BCUT2D eigenvalue weighted by molar-refractivity contribution is 0.0595. The second-order valence-corrected chi connectivity index (χ2v) is 5.26. The van der Waals surface area contributed by atoms with Gasteiger partial charge in [-0.2, -0.15) is 0 Å². The summed E-state index contributed by atoms with van der Waals surface area (Å²) in [4.78, 5) is 0.